The molecule has 0 aliphatic heterocycles. The number of aromatic hydroxyl groups is 1. The van der Waals surface area contributed by atoms with Gasteiger partial charge in [0.15, 0.2) is 0 Å². The van der Waals surface area contributed by atoms with Crippen molar-refractivity contribution < 1.29 is 15.0 Å². The molecule has 1 amide bonds. The Morgan fingerprint density at radius 2 is 1.96 bits per heavy atom. The molecule has 1 unspecified atom stereocenters. The largest absolute Gasteiger partial charge is 0.508 e. The van der Waals surface area contributed by atoms with Crippen LogP contribution in [0.1, 0.15) is 30.0 Å². The second-order valence-electron chi connectivity index (χ2n) is 7.24. The van der Waals surface area contributed by atoms with Crippen LogP contribution in [0.4, 0.5) is 0 Å². The van der Waals surface area contributed by atoms with Crippen LogP contribution in [0.3, 0.4) is 0 Å². The minimum absolute atomic E-state index is 0.111. The van der Waals surface area contributed by atoms with Crippen LogP contribution in [0.15, 0.2) is 60.8 Å². The summed E-state index contributed by atoms with van der Waals surface area (Å²) in [5, 5.41) is 23.5. The van der Waals surface area contributed by atoms with Gasteiger partial charge in [0.25, 0.3) is 0 Å². The molecule has 3 N–H and O–H groups in total. The minimum Gasteiger partial charge on any atom is -0.508 e. The first-order chi connectivity index (χ1) is 13.1. The number of aliphatic hydroxyl groups excluding tert-OH is 1. The maximum absolute atomic E-state index is 12.6. The highest BCUT2D eigenvalue weighted by Crippen LogP contribution is 2.38. The Balaban J connectivity index is 1.56. The van der Waals surface area contributed by atoms with Crippen LogP contribution in [0.25, 0.3) is 10.9 Å². The molecule has 0 bridgehead atoms. The summed E-state index contributed by atoms with van der Waals surface area (Å²) < 4.78 is 0. The van der Waals surface area contributed by atoms with Crippen LogP contribution in [0.2, 0.25) is 0 Å². The Labute approximate surface area is 157 Å². The second-order valence-corrected chi connectivity index (χ2v) is 7.24. The Morgan fingerprint density at radius 3 is 2.74 bits per heavy atom. The number of para-hydroxylation sites is 1. The summed E-state index contributed by atoms with van der Waals surface area (Å²) in [5.74, 6) is 0.230. The van der Waals surface area contributed by atoms with Crippen molar-refractivity contribution in [3.05, 3.63) is 71.9 Å². The first kappa shape index (κ1) is 17.5. The molecule has 1 heterocycles. The number of nitrogens with zero attached hydrogens (tertiary/aromatic N) is 1. The first-order valence-electron chi connectivity index (χ1n) is 9.18. The van der Waals surface area contributed by atoms with Gasteiger partial charge in [0.05, 0.1) is 24.1 Å². The zero-order valence-electron chi connectivity index (χ0n) is 14.9. The van der Waals surface area contributed by atoms with E-state index in [9.17, 15) is 15.0 Å². The molecule has 1 atom stereocenters. The van der Waals surface area contributed by atoms with Crippen molar-refractivity contribution in [2.75, 3.05) is 0 Å². The fourth-order valence-electron chi connectivity index (χ4n) is 3.71. The van der Waals surface area contributed by atoms with E-state index in [-0.39, 0.29) is 36.1 Å². The molecule has 1 saturated carbocycles. The SMILES string of the molecule is O=C(Cc1cccc(O)c1)NC(c1cnc2ccccc2c1)C1CC(O)C1. The fourth-order valence-corrected chi connectivity index (χ4v) is 3.71. The Hall–Kier alpha value is -2.92. The van der Waals surface area contributed by atoms with Crippen molar-refractivity contribution in [1.29, 1.82) is 0 Å². The Kier molecular flexibility index (Phi) is 4.77. The van der Waals surface area contributed by atoms with Gasteiger partial charge in [-0.3, -0.25) is 9.78 Å². The van der Waals surface area contributed by atoms with Crippen LogP contribution in [-0.4, -0.2) is 27.2 Å². The predicted molar refractivity (Wildman–Crippen MR) is 103 cm³/mol. The number of aliphatic hydroxyl groups is 1. The lowest BCUT2D eigenvalue weighted by molar-refractivity contribution is -0.122. The molecular weight excluding hydrogens is 340 g/mol. The average molecular weight is 362 g/mol. The van der Waals surface area contributed by atoms with Crippen molar-refractivity contribution in [2.45, 2.75) is 31.4 Å². The second kappa shape index (κ2) is 7.37. The van der Waals surface area contributed by atoms with Gasteiger partial charge in [0.1, 0.15) is 5.75 Å². The number of carbonyl (C=O) groups is 1. The molecule has 1 aliphatic carbocycles. The molecule has 0 spiro atoms. The van der Waals surface area contributed by atoms with E-state index in [1.165, 1.54) is 0 Å². The standard InChI is InChI=1S/C22H22N2O3/c25-18-6-3-4-14(8-18)9-21(27)24-22(16-11-19(26)12-16)17-10-15-5-1-2-7-20(15)23-13-17/h1-8,10,13,16,19,22,25-26H,9,11-12H2,(H,24,27). The molecule has 138 valence electrons. The van der Waals surface area contributed by atoms with E-state index >= 15 is 0 Å². The molecule has 2 aromatic carbocycles. The summed E-state index contributed by atoms with van der Waals surface area (Å²) in [6, 6.07) is 16.5. The Morgan fingerprint density at radius 1 is 1.15 bits per heavy atom. The van der Waals surface area contributed by atoms with Crippen molar-refractivity contribution >= 4 is 16.8 Å². The number of phenolic OH excluding ortho intramolecular Hbond substituents is 1. The normalized spacial score (nSPS) is 20.0. The van der Waals surface area contributed by atoms with E-state index in [0.717, 1.165) is 22.0 Å². The summed E-state index contributed by atoms with van der Waals surface area (Å²) in [6.07, 6.45) is 3.05. The predicted octanol–water partition coefficient (Wildman–Crippen LogP) is 3.11. The molecule has 0 saturated heterocycles. The summed E-state index contributed by atoms with van der Waals surface area (Å²) in [7, 11) is 0. The number of fused-ring (bicyclic) bond motifs is 1. The molecule has 4 rings (SSSR count). The maximum Gasteiger partial charge on any atom is 0.224 e. The zero-order valence-corrected chi connectivity index (χ0v) is 14.9. The van der Waals surface area contributed by atoms with E-state index in [4.69, 9.17) is 0 Å². The van der Waals surface area contributed by atoms with Crippen molar-refractivity contribution in [3.8, 4) is 5.75 Å². The quantitative estimate of drug-likeness (QED) is 0.651. The van der Waals surface area contributed by atoms with Crippen LogP contribution in [0.5, 0.6) is 5.75 Å². The lowest BCUT2D eigenvalue weighted by atomic mass is 9.75. The van der Waals surface area contributed by atoms with Gasteiger partial charge in [-0.15, -0.1) is 0 Å². The van der Waals surface area contributed by atoms with E-state index < -0.39 is 0 Å². The zero-order chi connectivity index (χ0) is 18.8. The molecule has 0 radical (unpaired) electrons. The van der Waals surface area contributed by atoms with E-state index in [2.05, 4.69) is 16.4 Å². The summed E-state index contributed by atoms with van der Waals surface area (Å²) in [4.78, 5) is 17.1. The topological polar surface area (TPSA) is 82.5 Å². The highest BCUT2D eigenvalue weighted by molar-refractivity contribution is 5.81. The third kappa shape index (κ3) is 3.93. The van der Waals surface area contributed by atoms with Gasteiger partial charge < -0.3 is 15.5 Å². The summed E-state index contributed by atoms with van der Waals surface area (Å²) in [5.41, 5.74) is 2.63. The molecule has 5 heteroatoms. The van der Waals surface area contributed by atoms with Crippen LogP contribution < -0.4 is 5.32 Å². The third-order valence-corrected chi connectivity index (χ3v) is 5.18. The monoisotopic (exact) mass is 362 g/mol. The van der Waals surface area contributed by atoms with Gasteiger partial charge >= 0.3 is 0 Å². The Bertz CT molecular complexity index is 966. The van der Waals surface area contributed by atoms with Crippen molar-refractivity contribution in [2.24, 2.45) is 5.92 Å². The van der Waals surface area contributed by atoms with Gasteiger partial charge in [-0.1, -0.05) is 30.3 Å². The van der Waals surface area contributed by atoms with Gasteiger partial charge in [-0.25, -0.2) is 0 Å². The van der Waals surface area contributed by atoms with Crippen LogP contribution in [-0.2, 0) is 11.2 Å². The smallest absolute Gasteiger partial charge is 0.224 e. The first-order valence-corrected chi connectivity index (χ1v) is 9.18. The lowest BCUT2D eigenvalue weighted by Crippen LogP contribution is -2.41. The number of amides is 1. The highest BCUT2D eigenvalue weighted by Gasteiger charge is 2.35. The van der Waals surface area contributed by atoms with Gasteiger partial charge in [-0.05, 0) is 54.2 Å². The fraction of sp³-hybridized carbons (Fsp3) is 0.273. The molecule has 1 fully saturated rings. The molecule has 5 nitrogen and oxygen atoms in total. The molecule has 1 aliphatic rings. The molecular formula is C22H22N2O3. The van der Waals surface area contributed by atoms with Crippen molar-refractivity contribution in [1.82, 2.24) is 10.3 Å². The number of nitrogens with one attached hydrogen (secondary N) is 1. The minimum atomic E-state index is -0.297. The van der Waals surface area contributed by atoms with Crippen molar-refractivity contribution in [3.63, 3.8) is 0 Å². The summed E-state index contributed by atoms with van der Waals surface area (Å²) in [6.45, 7) is 0. The molecule has 27 heavy (non-hydrogen) atoms. The van der Waals surface area contributed by atoms with Gasteiger partial charge in [0.2, 0.25) is 5.91 Å². The van der Waals surface area contributed by atoms with Gasteiger partial charge in [0, 0.05) is 11.6 Å². The summed E-state index contributed by atoms with van der Waals surface area (Å²) >= 11 is 0. The molecule has 1 aromatic heterocycles. The number of hydrogen-bond donors (Lipinski definition) is 3. The number of pyridine rings is 1. The van der Waals surface area contributed by atoms with E-state index in [1.54, 1.807) is 18.2 Å². The van der Waals surface area contributed by atoms with E-state index in [0.29, 0.717) is 12.8 Å². The van der Waals surface area contributed by atoms with Crippen LogP contribution >= 0.6 is 0 Å². The molecule has 3 aromatic rings. The number of rotatable bonds is 5. The lowest BCUT2D eigenvalue weighted by Gasteiger charge is -2.38. The number of phenols is 1. The maximum atomic E-state index is 12.6. The van der Waals surface area contributed by atoms with Gasteiger partial charge in [-0.2, -0.15) is 0 Å². The number of carbonyl (C=O) groups excluding carboxylic acids is 1. The third-order valence-electron chi connectivity index (χ3n) is 5.18. The number of benzene rings is 2. The van der Waals surface area contributed by atoms with Crippen LogP contribution in [0, 0.1) is 5.92 Å². The number of aromatic nitrogens is 1. The van der Waals surface area contributed by atoms with E-state index in [1.807, 2.05) is 36.5 Å². The average Bonchev–Trinajstić information content (AvgIpc) is 2.63. The number of hydrogen-bond acceptors (Lipinski definition) is 4. The highest BCUT2D eigenvalue weighted by atomic mass is 16.3.